The van der Waals surface area contributed by atoms with E-state index < -0.39 is 25.7 Å². The maximum atomic E-state index is 12.3. The lowest BCUT2D eigenvalue weighted by Crippen LogP contribution is -2.52. The molecule has 1 saturated carbocycles. The Kier molecular flexibility index (Phi) is 6.29. The fourth-order valence-corrected chi connectivity index (χ4v) is 8.31. The normalized spacial score (nSPS) is 30.5. The van der Waals surface area contributed by atoms with Gasteiger partial charge in [-0.2, -0.15) is 0 Å². The summed E-state index contributed by atoms with van der Waals surface area (Å²) in [6.45, 7) is 1.73. The molecule has 0 aromatic rings. The van der Waals surface area contributed by atoms with E-state index in [9.17, 15) is 21.6 Å². The first kappa shape index (κ1) is 20.1. The van der Waals surface area contributed by atoms with Crippen LogP contribution in [0.25, 0.3) is 0 Å². The third-order valence-electron chi connectivity index (χ3n) is 5.95. The maximum Gasteiger partial charge on any atom is 0.221 e. The van der Waals surface area contributed by atoms with Crippen molar-refractivity contribution in [2.45, 2.75) is 68.7 Å². The highest BCUT2D eigenvalue weighted by molar-refractivity contribution is 7.92. The molecule has 2 saturated heterocycles. The number of rotatable bonds is 6. The van der Waals surface area contributed by atoms with E-state index in [-0.39, 0.29) is 40.9 Å². The van der Waals surface area contributed by atoms with Gasteiger partial charge in [0.1, 0.15) is 0 Å². The van der Waals surface area contributed by atoms with Crippen LogP contribution < -0.4 is 5.32 Å². The van der Waals surface area contributed by atoms with E-state index in [4.69, 9.17) is 0 Å². The molecule has 1 aliphatic carbocycles. The summed E-state index contributed by atoms with van der Waals surface area (Å²) in [7, 11) is -6.41. The lowest BCUT2D eigenvalue weighted by molar-refractivity contribution is -0.121. The number of hydrogen-bond acceptors (Lipinski definition) is 6. The lowest BCUT2D eigenvalue weighted by Gasteiger charge is -2.35. The van der Waals surface area contributed by atoms with Gasteiger partial charge in [0.15, 0.2) is 19.7 Å². The molecule has 0 aromatic carbocycles. The van der Waals surface area contributed by atoms with Crippen LogP contribution in [0.4, 0.5) is 0 Å². The van der Waals surface area contributed by atoms with E-state index in [1.54, 1.807) is 0 Å². The van der Waals surface area contributed by atoms with Gasteiger partial charge >= 0.3 is 0 Å². The molecule has 0 bridgehead atoms. The third-order valence-corrected chi connectivity index (χ3v) is 9.93. The van der Waals surface area contributed by atoms with Crippen LogP contribution >= 0.6 is 0 Å². The lowest BCUT2D eigenvalue weighted by atomic mass is 10.0. The Morgan fingerprint density at radius 3 is 2.31 bits per heavy atom. The minimum atomic E-state index is -3.24. The SMILES string of the molecule is O=C(CCS(=O)(=O)C1CCCC1)NC1CS(=O)(=O)CC1N1CCCCC1. The van der Waals surface area contributed by atoms with Gasteiger partial charge < -0.3 is 5.32 Å². The van der Waals surface area contributed by atoms with Crippen LogP contribution in [0.2, 0.25) is 0 Å². The van der Waals surface area contributed by atoms with Gasteiger partial charge in [-0.25, -0.2) is 16.8 Å². The number of piperidine rings is 1. The molecule has 1 N–H and O–H groups in total. The van der Waals surface area contributed by atoms with Gasteiger partial charge in [-0.1, -0.05) is 19.3 Å². The van der Waals surface area contributed by atoms with Crippen LogP contribution in [0.5, 0.6) is 0 Å². The summed E-state index contributed by atoms with van der Waals surface area (Å²) in [6, 6.07) is -0.615. The number of likely N-dealkylation sites (tertiary alicyclic amines) is 1. The summed E-state index contributed by atoms with van der Waals surface area (Å²) >= 11 is 0. The smallest absolute Gasteiger partial charge is 0.221 e. The predicted octanol–water partition coefficient (Wildman–Crippen LogP) is 0.502. The molecule has 1 amide bonds. The highest BCUT2D eigenvalue weighted by Crippen LogP contribution is 2.26. The van der Waals surface area contributed by atoms with Crippen molar-refractivity contribution < 1.29 is 21.6 Å². The van der Waals surface area contributed by atoms with Gasteiger partial charge in [-0.15, -0.1) is 0 Å². The molecule has 2 aliphatic heterocycles. The minimum absolute atomic E-state index is 0.0463. The Morgan fingerprint density at radius 2 is 1.65 bits per heavy atom. The van der Waals surface area contributed by atoms with Crippen molar-refractivity contribution in [3.05, 3.63) is 0 Å². The average molecular weight is 407 g/mol. The van der Waals surface area contributed by atoms with Crippen LogP contribution in [-0.4, -0.2) is 75.3 Å². The molecular formula is C17H30N2O5S2. The highest BCUT2D eigenvalue weighted by atomic mass is 32.2. The number of hydrogen-bond donors (Lipinski definition) is 1. The Bertz CT molecular complexity index is 707. The molecule has 3 aliphatic rings. The molecule has 0 aromatic heterocycles. The van der Waals surface area contributed by atoms with Crippen molar-refractivity contribution >= 4 is 25.6 Å². The zero-order chi connectivity index (χ0) is 18.8. The maximum absolute atomic E-state index is 12.3. The van der Waals surface area contributed by atoms with E-state index in [1.165, 1.54) is 0 Å². The number of carbonyl (C=O) groups is 1. The van der Waals surface area contributed by atoms with Gasteiger partial charge in [0, 0.05) is 12.5 Å². The van der Waals surface area contributed by atoms with Gasteiger partial charge in [0.25, 0.3) is 0 Å². The van der Waals surface area contributed by atoms with E-state index in [0.29, 0.717) is 12.8 Å². The summed E-state index contributed by atoms with van der Waals surface area (Å²) in [5, 5.41) is 2.52. The second-order valence-electron chi connectivity index (χ2n) is 7.94. The second kappa shape index (κ2) is 8.14. The fourth-order valence-electron chi connectivity index (χ4n) is 4.50. The Hall–Kier alpha value is -0.670. The molecule has 3 rings (SSSR count). The summed E-state index contributed by atoms with van der Waals surface area (Å²) < 4.78 is 48.8. The van der Waals surface area contributed by atoms with Gasteiger partial charge in [-0.05, 0) is 38.8 Å². The summed E-state index contributed by atoms with van der Waals surface area (Å²) in [5.74, 6) is -0.457. The summed E-state index contributed by atoms with van der Waals surface area (Å²) in [6.07, 6.45) is 6.45. The van der Waals surface area contributed by atoms with Crippen molar-refractivity contribution in [3.8, 4) is 0 Å². The van der Waals surface area contributed by atoms with Crippen LogP contribution in [0.1, 0.15) is 51.4 Å². The van der Waals surface area contributed by atoms with Crippen molar-refractivity contribution in [1.29, 1.82) is 0 Å². The standard InChI is InChI=1S/C17H30N2O5S2/c20-17(8-11-26(23,24)14-6-2-3-7-14)18-15-12-25(21,22)13-16(15)19-9-4-1-5-10-19/h14-16H,1-13H2,(H,18,20). The van der Waals surface area contributed by atoms with Gasteiger partial charge in [-0.3, -0.25) is 9.69 Å². The number of amides is 1. The van der Waals surface area contributed by atoms with Crippen molar-refractivity contribution in [3.63, 3.8) is 0 Å². The van der Waals surface area contributed by atoms with Crippen LogP contribution in [0.3, 0.4) is 0 Å². The van der Waals surface area contributed by atoms with Crippen molar-refractivity contribution in [2.75, 3.05) is 30.3 Å². The topological polar surface area (TPSA) is 101 Å². The fraction of sp³-hybridized carbons (Fsp3) is 0.941. The molecular weight excluding hydrogens is 376 g/mol. The number of nitrogens with zero attached hydrogens (tertiary/aromatic N) is 1. The highest BCUT2D eigenvalue weighted by Gasteiger charge is 2.42. The largest absolute Gasteiger partial charge is 0.351 e. The van der Waals surface area contributed by atoms with Crippen molar-refractivity contribution in [2.24, 2.45) is 0 Å². The third kappa shape index (κ3) is 4.98. The second-order valence-corrected chi connectivity index (χ2v) is 12.5. The molecule has 2 heterocycles. The zero-order valence-electron chi connectivity index (χ0n) is 15.2. The summed E-state index contributed by atoms with van der Waals surface area (Å²) in [4.78, 5) is 14.5. The van der Waals surface area contributed by atoms with Gasteiger partial charge in [0.05, 0.1) is 28.6 Å². The Balaban J connectivity index is 1.56. The first-order chi connectivity index (χ1) is 12.3. The monoisotopic (exact) mass is 406 g/mol. The van der Waals surface area contributed by atoms with E-state index in [1.807, 2.05) is 0 Å². The first-order valence-electron chi connectivity index (χ1n) is 9.72. The minimum Gasteiger partial charge on any atom is -0.351 e. The molecule has 0 spiro atoms. The van der Waals surface area contributed by atoms with Crippen LogP contribution in [-0.2, 0) is 24.5 Å². The Labute approximate surface area is 156 Å². The molecule has 3 fully saturated rings. The molecule has 26 heavy (non-hydrogen) atoms. The summed E-state index contributed by atoms with van der Waals surface area (Å²) in [5.41, 5.74) is 0. The first-order valence-corrected chi connectivity index (χ1v) is 13.3. The average Bonchev–Trinajstić information content (AvgIpc) is 3.22. The quantitative estimate of drug-likeness (QED) is 0.689. The van der Waals surface area contributed by atoms with Crippen molar-refractivity contribution in [1.82, 2.24) is 10.2 Å². The number of nitrogens with one attached hydrogen (secondary N) is 1. The number of sulfone groups is 2. The van der Waals surface area contributed by atoms with Crippen LogP contribution in [0, 0.1) is 0 Å². The van der Waals surface area contributed by atoms with E-state index in [0.717, 1.165) is 45.2 Å². The Morgan fingerprint density at radius 1 is 1.00 bits per heavy atom. The number of carbonyl (C=O) groups excluding carboxylic acids is 1. The molecule has 2 unspecified atom stereocenters. The molecule has 9 heteroatoms. The molecule has 150 valence electrons. The van der Waals surface area contributed by atoms with Crippen LogP contribution in [0.15, 0.2) is 0 Å². The molecule has 2 atom stereocenters. The molecule has 7 nitrogen and oxygen atoms in total. The molecule has 0 radical (unpaired) electrons. The van der Waals surface area contributed by atoms with E-state index in [2.05, 4.69) is 10.2 Å². The van der Waals surface area contributed by atoms with Gasteiger partial charge in [0.2, 0.25) is 5.91 Å². The van der Waals surface area contributed by atoms with E-state index >= 15 is 0 Å². The zero-order valence-corrected chi connectivity index (χ0v) is 16.9. The predicted molar refractivity (Wildman–Crippen MR) is 100 cm³/mol.